The molecule has 0 aromatic heterocycles. The topological polar surface area (TPSA) is 34.1 Å². The lowest BCUT2D eigenvalue weighted by Gasteiger charge is -2.04. The van der Waals surface area contributed by atoms with Crippen LogP contribution in [0.25, 0.3) is 0 Å². The number of hydrogen-bond donors (Lipinski definition) is 0. The van der Waals surface area contributed by atoms with Crippen molar-refractivity contribution in [1.29, 1.82) is 0 Å². The first-order chi connectivity index (χ1) is 10.5. The Bertz CT molecular complexity index is 828. The standard InChI is InChI=1S/C17H13IO2S2/c1-21-17(22(19,20)16-7-3-2-4-8-16)9-5-6-14-10-12-15(18)13-11-14/h2-4,7-13H,1H3/b17-9+. The number of allylic oxidation sites excluding steroid dienone is 1. The molecule has 0 spiro atoms. The summed E-state index contributed by atoms with van der Waals surface area (Å²) in [5.74, 6) is 5.79. The highest BCUT2D eigenvalue weighted by atomic mass is 127. The van der Waals surface area contributed by atoms with Crippen molar-refractivity contribution in [2.75, 3.05) is 6.26 Å². The van der Waals surface area contributed by atoms with Gasteiger partial charge in [0.05, 0.1) is 4.90 Å². The van der Waals surface area contributed by atoms with Crippen molar-refractivity contribution < 1.29 is 8.42 Å². The van der Waals surface area contributed by atoms with Crippen molar-refractivity contribution in [3.05, 3.63) is 74.0 Å². The van der Waals surface area contributed by atoms with Gasteiger partial charge in [-0.3, -0.25) is 0 Å². The van der Waals surface area contributed by atoms with E-state index in [1.165, 1.54) is 17.8 Å². The summed E-state index contributed by atoms with van der Waals surface area (Å²) in [4.78, 5) is 0.284. The molecule has 0 atom stereocenters. The molecule has 0 saturated heterocycles. The van der Waals surface area contributed by atoms with Crippen LogP contribution < -0.4 is 0 Å². The molecule has 5 heteroatoms. The Balaban J connectivity index is 2.31. The van der Waals surface area contributed by atoms with E-state index in [0.29, 0.717) is 0 Å². The Kier molecular flexibility index (Phi) is 6.12. The molecule has 0 amide bonds. The lowest BCUT2D eigenvalue weighted by atomic mass is 10.2. The van der Waals surface area contributed by atoms with Gasteiger partial charge in [-0.2, -0.15) is 0 Å². The van der Waals surface area contributed by atoms with Crippen LogP contribution in [-0.4, -0.2) is 14.7 Å². The van der Waals surface area contributed by atoms with Crippen molar-refractivity contribution in [3.8, 4) is 11.8 Å². The maximum atomic E-state index is 12.5. The largest absolute Gasteiger partial charge is 0.218 e. The van der Waals surface area contributed by atoms with Crippen molar-refractivity contribution in [3.63, 3.8) is 0 Å². The number of sulfone groups is 1. The normalized spacial score (nSPS) is 11.6. The summed E-state index contributed by atoms with van der Waals surface area (Å²) < 4.78 is 26.4. The highest BCUT2D eigenvalue weighted by molar-refractivity contribution is 14.1. The van der Waals surface area contributed by atoms with Gasteiger partial charge >= 0.3 is 0 Å². The molecule has 0 fully saturated rings. The molecule has 0 bridgehead atoms. The second-order valence-electron chi connectivity index (χ2n) is 4.26. The van der Waals surface area contributed by atoms with Crippen LogP contribution in [0, 0.1) is 15.4 Å². The highest BCUT2D eigenvalue weighted by Crippen LogP contribution is 2.26. The van der Waals surface area contributed by atoms with Crippen LogP contribution >= 0.6 is 34.4 Å². The Labute approximate surface area is 149 Å². The second kappa shape index (κ2) is 7.86. The van der Waals surface area contributed by atoms with E-state index in [2.05, 4.69) is 34.4 Å². The minimum Gasteiger partial charge on any atom is -0.218 e. The van der Waals surface area contributed by atoms with Gasteiger partial charge in [0.25, 0.3) is 0 Å². The SMILES string of the molecule is CS/C(=C\C#Cc1ccc(I)cc1)S(=O)(=O)c1ccccc1. The molecule has 2 aromatic rings. The van der Waals surface area contributed by atoms with Gasteiger partial charge in [-0.05, 0) is 65.2 Å². The summed E-state index contributed by atoms with van der Waals surface area (Å²) >= 11 is 3.40. The first-order valence-electron chi connectivity index (χ1n) is 6.35. The van der Waals surface area contributed by atoms with Gasteiger partial charge in [-0.1, -0.05) is 30.0 Å². The van der Waals surface area contributed by atoms with Gasteiger partial charge in [0, 0.05) is 15.2 Å². The van der Waals surface area contributed by atoms with E-state index in [-0.39, 0.29) is 9.13 Å². The third-order valence-electron chi connectivity index (χ3n) is 2.77. The van der Waals surface area contributed by atoms with Gasteiger partial charge in [-0.15, -0.1) is 11.8 Å². The predicted molar refractivity (Wildman–Crippen MR) is 101 cm³/mol. The van der Waals surface area contributed by atoms with Gasteiger partial charge in [-0.25, -0.2) is 8.42 Å². The predicted octanol–water partition coefficient (Wildman–Crippen LogP) is 4.32. The molecular weight excluding hydrogens is 427 g/mol. The van der Waals surface area contributed by atoms with E-state index in [1.54, 1.807) is 36.6 Å². The number of halogens is 1. The van der Waals surface area contributed by atoms with E-state index >= 15 is 0 Å². The number of thioether (sulfide) groups is 1. The zero-order valence-electron chi connectivity index (χ0n) is 11.8. The fourth-order valence-electron chi connectivity index (χ4n) is 1.67. The molecule has 0 saturated carbocycles. The van der Waals surface area contributed by atoms with Gasteiger partial charge in [0.15, 0.2) is 0 Å². The lowest BCUT2D eigenvalue weighted by molar-refractivity contribution is 0.604. The van der Waals surface area contributed by atoms with Crippen molar-refractivity contribution in [1.82, 2.24) is 0 Å². The van der Waals surface area contributed by atoms with E-state index in [4.69, 9.17) is 0 Å². The number of rotatable bonds is 3. The van der Waals surface area contributed by atoms with Crippen LogP contribution in [0.1, 0.15) is 5.56 Å². The van der Waals surface area contributed by atoms with E-state index in [9.17, 15) is 8.42 Å². The smallest absolute Gasteiger partial charge is 0.213 e. The molecule has 22 heavy (non-hydrogen) atoms. The highest BCUT2D eigenvalue weighted by Gasteiger charge is 2.19. The third-order valence-corrected chi connectivity index (χ3v) is 6.71. The summed E-state index contributed by atoms with van der Waals surface area (Å²) in [5.41, 5.74) is 0.856. The van der Waals surface area contributed by atoms with E-state index in [0.717, 1.165) is 9.13 Å². The first kappa shape index (κ1) is 17.1. The second-order valence-corrected chi connectivity index (χ2v) is 8.53. The van der Waals surface area contributed by atoms with Crippen LogP contribution in [0.15, 0.2) is 69.8 Å². The summed E-state index contributed by atoms with van der Waals surface area (Å²) in [6, 6.07) is 16.1. The molecule has 0 heterocycles. The average Bonchev–Trinajstić information content (AvgIpc) is 2.54. The Morgan fingerprint density at radius 3 is 2.32 bits per heavy atom. The van der Waals surface area contributed by atoms with Crippen LogP contribution in [0.5, 0.6) is 0 Å². The fourth-order valence-corrected chi connectivity index (χ4v) is 4.34. The number of benzene rings is 2. The molecule has 0 unspecified atom stereocenters. The minimum absolute atomic E-state index is 0.247. The molecule has 112 valence electrons. The van der Waals surface area contributed by atoms with Crippen LogP contribution in [0.3, 0.4) is 0 Å². The maximum Gasteiger partial charge on any atom is 0.213 e. The van der Waals surface area contributed by atoms with Crippen molar-refractivity contribution >= 4 is 44.2 Å². The quantitative estimate of drug-likeness (QED) is 0.527. The fraction of sp³-hybridized carbons (Fsp3) is 0.0588. The molecule has 2 rings (SSSR count). The summed E-state index contributed by atoms with van der Waals surface area (Å²) in [6.07, 6.45) is 3.20. The Morgan fingerprint density at radius 2 is 1.73 bits per heavy atom. The van der Waals surface area contributed by atoms with Crippen molar-refractivity contribution in [2.45, 2.75) is 4.90 Å². The molecule has 0 aliphatic rings. The molecule has 2 aromatic carbocycles. The Morgan fingerprint density at radius 1 is 1.09 bits per heavy atom. The molecule has 0 N–H and O–H groups in total. The van der Waals surface area contributed by atoms with Gasteiger partial charge < -0.3 is 0 Å². The number of hydrogen-bond acceptors (Lipinski definition) is 3. The van der Waals surface area contributed by atoms with E-state index in [1.807, 2.05) is 24.3 Å². The molecule has 2 nitrogen and oxygen atoms in total. The maximum absolute atomic E-state index is 12.5. The van der Waals surface area contributed by atoms with Gasteiger partial charge in [0.2, 0.25) is 9.84 Å². The van der Waals surface area contributed by atoms with Crippen LogP contribution in [0.2, 0.25) is 0 Å². The summed E-state index contributed by atoms with van der Waals surface area (Å²) in [5, 5.41) is 0. The molecule has 0 radical (unpaired) electrons. The first-order valence-corrected chi connectivity index (χ1v) is 10.1. The van der Waals surface area contributed by atoms with Crippen molar-refractivity contribution in [2.24, 2.45) is 0 Å². The molecule has 0 aliphatic heterocycles. The summed E-state index contributed by atoms with van der Waals surface area (Å²) in [7, 11) is -3.49. The van der Waals surface area contributed by atoms with Crippen LogP contribution in [0.4, 0.5) is 0 Å². The lowest BCUT2D eigenvalue weighted by Crippen LogP contribution is -2.01. The molecular formula is C17H13IO2S2. The Hall–Kier alpha value is -1.23. The minimum atomic E-state index is -3.49. The monoisotopic (exact) mass is 440 g/mol. The zero-order chi connectivity index (χ0) is 16.0. The van der Waals surface area contributed by atoms with Crippen LogP contribution in [-0.2, 0) is 9.84 Å². The van der Waals surface area contributed by atoms with Gasteiger partial charge in [0.1, 0.15) is 4.24 Å². The zero-order valence-corrected chi connectivity index (χ0v) is 15.6. The summed E-state index contributed by atoms with van der Waals surface area (Å²) in [6.45, 7) is 0. The average molecular weight is 440 g/mol. The van der Waals surface area contributed by atoms with E-state index < -0.39 is 9.84 Å². The molecule has 0 aliphatic carbocycles. The third kappa shape index (κ3) is 4.38.